The lowest BCUT2D eigenvalue weighted by atomic mass is 10.1. The molecule has 1 unspecified atom stereocenters. The van der Waals surface area contributed by atoms with Crippen LogP contribution in [0, 0.1) is 6.92 Å². The first-order valence-electron chi connectivity index (χ1n) is 7.09. The van der Waals surface area contributed by atoms with Crippen LogP contribution in [0.25, 0.3) is 0 Å². The Balaban J connectivity index is 2.01. The number of hydrogen-bond donors (Lipinski definition) is 1. The molecule has 0 bridgehead atoms. The Labute approximate surface area is 130 Å². The summed E-state index contributed by atoms with van der Waals surface area (Å²) < 4.78 is 5.62. The second-order valence-electron chi connectivity index (χ2n) is 5.36. The SMILES string of the molecule is Cc1ccsc1C(=O)NC(C)c1ccc(OC(C)C)cc1. The van der Waals surface area contributed by atoms with Gasteiger partial charge in [0.25, 0.3) is 5.91 Å². The van der Waals surface area contributed by atoms with Gasteiger partial charge >= 0.3 is 0 Å². The highest BCUT2D eigenvalue weighted by molar-refractivity contribution is 7.12. The molecule has 2 aromatic rings. The Bertz CT molecular complexity index is 602. The molecular weight excluding hydrogens is 282 g/mol. The van der Waals surface area contributed by atoms with Gasteiger partial charge < -0.3 is 10.1 Å². The van der Waals surface area contributed by atoms with Crippen LogP contribution in [0.2, 0.25) is 0 Å². The molecule has 4 heteroatoms. The smallest absolute Gasteiger partial charge is 0.262 e. The third-order valence-electron chi connectivity index (χ3n) is 3.17. The van der Waals surface area contributed by atoms with E-state index < -0.39 is 0 Å². The minimum absolute atomic E-state index is 0.0162. The number of nitrogens with one attached hydrogen (secondary N) is 1. The van der Waals surface area contributed by atoms with E-state index >= 15 is 0 Å². The molecule has 1 amide bonds. The number of rotatable bonds is 5. The van der Waals surface area contributed by atoms with Crippen molar-refractivity contribution in [1.82, 2.24) is 5.32 Å². The summed E-state index contributed by atoms with van der Waals surface area (Å²) in [5, 5.41) is 4.97. The summed E-state index contributed by atoms with van der Waals surface area (Å²) >= 11 is 1.47. The Kier molecular flexibility index (Phi) is 5.02. The van der Waals surface area contributed by atoms with Crippen LogP contribution in [-0.4, -0.2) is 12.0 Å². The normalized spacial score (nSPS) is 12.2. The molecule has 1 atom stereocenters. The van der Waals surface area contributed by atoms with Crippen molar-refractivity contribution in [3.63, 3.8) is 0 Å². The van der Waals surface area contributed by atoms with Gasteiger partial charge in [-0.3, -0.25) is 4.79 Å². The summed E-state index contributed by atoms with van der Waals surface area (Å²) in [6.45, 7) is 7.94. The maximum Gasteiger partial charge on any atom is 0.262 e. The van der Waals surface area contributed by atoms with Gasteiger partial charge in [-0.15, -0.1) is 11.3 Å². The summed E-state index contributed by atoms with van der Waals surface area (Å²) in [5.74, 6) is 0.832. The van der Waals surface area contributed by atoms with Gasteiger partial charge in [0, 0.05) is 0 Å². The molecule has 0 spiro atoms. The molecule has 0 aliphatic rings. The summed E-state index contributed by atoms with van der Waals surface area (Å²) in [6, 6.07) is 9.78. The van der Waals surface area contributed by atoms with E-state index in [-0.39, 0.29) is 18.1 Å². The third-order valence-corrected chi connectivity index (χ3v) is 4.18. The van der Waals surface area contributed by atoms with Gasteiger partial charge in [0.15, 0.2) is 0 Å². The van der Waals surface area contributed by atoms with Crippen LogP contribution in [-0.2, 0) is 0 Å². The molecule has 0 aliphatic carbocycles. The molecule has 1 aromatic heterocycles. The van der Waals surface area contributed by atoms with E-state index in [2.05, 4.69) is 5.32 Å². The lowest BCUT2D eigenvalue weighted by Crippen LogP contribution is -2.26. The number of ether oxygens (including phenoxy) is 1. The maximum atomic E-state index is 12.2. The van der Waals surface area contributed by atoms with Gasteiger partial charge in [-0.05, 0) is 62.4 Å². The van der Waals surface area contributed by atoms with E-state index in [4.69, 9.17) is 4.74 Å². The zero-order valence-corrected chi connectivity index (χ0v) is 13.7. The summed E-state index contributed by atoms with van der Waals surface area (Å²) in [4.78, 5) is 13.0. The zero-order valence-electron chi connectivity index (χ0n) is 12.8. The highest BCUT2D eigenvalue weighted by atomic mass is 32.1. The average Bonchev–Trinajstić information content (AvgIpc) is 2.85. The number of thiophene rings is 1. The van der Waals surface area contributed by atoms with Crippen molar-refractivity contribution >= 4 is 17.2 Å². The van der Waals surface area contributed by atoms with Crippen LogP contribution in [0.5, 0.6) is 5.75 Å². The molecule has 112 valence electrons. The highest BCUT2D eigenvalue weighted by Crippen LogP contribution is 2.20. The maximum absolute atomic E-state index is 12.2. The Morgan fingerprint density at radius 3 is 2.33 bits per heavy atom. The minimum Gasteiger partial charge on any atom is -0.491 e. The van der Waals surface area contributed by atoms with E-state index in [1.54, 1.807) is 0 Å². The van der Waals surface area contributed by atoms with Gasteiger partial charge in [0.05, 0.1) is 17.0 Å². The molecule has 2 rings (SSSR count). The largest absolute Gasteiger partial charge is 0.491 e. The second-order valence-corrected chi connectivity index (χ2v) is 6.28. The molecule has 0 radical (unpaired) electrons. The molecule has 1 N–H and O–H groups in total. The van der Waals surface area contributed by atoms with Gasteiger partial charge in [-0.2, -0.15) is 0 Å². The van der Waals surface area contributed by atoms with E-state index in [9.17, 15) is 4.79 Å². The van der Waals surface area contributed by atoms with Crippen molar-refractivity contribution in [3.8, 4) is 5.75 Å². The fourth-order valence-electron chi connectivity index (χ4n) is 2.06. The average molecular weight is 303 g/mol. The fourth-order valence-corrected chi connectivity index (χ4v) is 2.89. The Morgan fingerprint density at radius 2 is 1.81 bits per heavy atom. The number of amides is 1. The molecular formula is C17H21NO2S. The molecule has 1 aromatic carbocycles. The monoisotopic (exact) mass is 303 g/mol. The first-order valence-corrected chi connectivity index (χ1v) is 7.97. The lowest BCUT2D eigenvalue weighted by molar-refractivity contribution is 0.0943. The van der Waals surface area contributed by atoms with Crippen molar-refractivity contribution in [2.24, 2.45) is 0 Å². The fraction of sp³-hybridized carbons (Fsp3) is 0.353. The van der Waals surface area contributed by atoms with Crippen LogP contribution in [0.1, 0.15) is 47.6 Å². The van der Waals surface area contributed by atoms with Crippen LogP contribution >= 0.6 is 11.3 Å². The summed E-state index contributed by atoms with van der Waals surface area (Å²) in [7, 11) is 0. The Morgan fingerprint density at radius 1 is 1.14 bits per heavy atom. The number of carbonyl (C=O) groups excluding carboxylic acids is 1. The lowest BCUT2D eigenvalue weighted by Gasteiger charge is -2.15. The van der Waals surface area contributed by atoms with Gasteiger partial charge in [-0.25, -0.2) is 0 Å². The predicted molar refractivity (Wildman–Crippen MR) is 87.1 cm³/mol. The molecule has 0 aliphatic heterocycles. The van der Waals surface area contributed by atoms with Crippen molar-refractivity contribution in [2.45, 2.75) is 39.8 Å². The van der Waals surface area contributed by atoms with Crippen molar-refractivity contribution in [1.29, 1.82) is 0 Å². The first kappa shape index (κ1) is 15.6. The molecule has 0 saturated heterocycles. The minimum atomic E-state index is -0.0351. The van der Waals surface area contributed by atoms with Crippen LogP contribution in [0.3, 0.4) is 0 Å². The van der Waals surface area contributed by atoms with E-state index in [1.807, 2.05) is 63.4 Å². The van der Waals surface area contributed by atoms with Gasteiger partial charge in [0.2, 0.25) is 0 Å². The van der Waals surface area contributed by atoms with Crippen molar-refractivity contribution in [2.75, 3.05) is 0 Å². The predicted octanol–water partition coefficient (Wildman–Crippen LogP) is 4.33. The summed E-state index contributed by atoms with van der Waals surface area (Å²) in [6.07, 6.45) is 0.162. The number of benzene rings is 1. The zero-order chi connectivity index (χ0) is 15.4. The second kappa shape index (κ2) is 6.76. The van der Waals surface area contributed by atoms with E-state index in [0.29, 0.717) is 0 Å². The quantitative estimate of drug-likeness (QED) is 0.892. The highest BCUT2D eigenvalue weighted by Gasteiger charge is 2.14. The molecule has 0 fully saturated rings. The molecule has 0 saturated carbocycles. The van der Waals surface area contributed by atoms with Crippen molar-refractivity contribution < 1.29 is 9.53 Å². The number of aryl methyl sites for hydroxylation is 1. The van der Waals surface area contributed by atoms with Gasteiger partial charge in [-0.1, -0.05) is 12.1 Å². The molecule has 1 heterocycles. The molecule has 21 heavy (non-hydrogen) atoms. The van der Waals surface area contributed by atoms with Crippen LogP contribution < -0.4 is 10.1 Å². The van der Waals surface area contributed by atoms with E-state index in [0.717, 1.165) is 21.8 Å². The number of carbonyl (C=O) groups is 1. The third kappa shape index (κ3) is 4.08. The van der Waals surface area contributed by atoms with Gasteiger partial charge in [0.1, 0.15) is 5.75 Å². The standard InChI is InChI=1S/C17H21NO2S/c1-11(2)20-15-7-5-14(6-8-15)13(4)18-17(19)16-12(3)9-10-21-16/h5-11,13H,1-4H3,(H,18,19). The molecule has 3 nitrogen and oxygen atoms in total. The van der Waals surface area contributed by atoms with E-state index in [1.165, 1.54) is 11.3 Å². The topological polar surface area (TPSA) is 38.3 Å². The summed E-state index contributed by atoms with van der Waals surface area (Å²) in [5.41, 5.74) is 2.08. The van der Waals surface area contributed by atoms with Crippen LogP contribution in [0.4, 0.5) is 0 Å². The number of hydrogen-bond acceptors (Lipinski definition) is 3. The Hall–Kier alpha value is -1.81. The first-order chi connectivity index (χ1) is 9.97. The van der Waals surface area contributed by atoms with Crippen LogP contribution in [0.15, 0.2) is 35.7 Å². The van der Waals surface area contributed by atoms with Crippen molar-refractivity contribution in [3.05, 3.63) is 51.7 Å².